The van der Waals surface area contributed by atoms with Crippen molar-refractivity contribution in [3.8, 4) is 0 Å². The number of carboxylic acid groups (broad SMARTS) is 1. The fourth-order valence-electron chi connectivity index (χ4n) is 2.44. The van der Waals surface area contributed by atoms with E-state index < -0.39 is 17.9 Å². The van der Waals surface area contributed by atoms with Crippen LogP contribution in [0.1, 0.15) is 52.9 Å². The first-order valence-electron chi connectivity index (χ1n) is 7.02. The van der Waals surface area contributed by atoms with E-state index in [9.17, 15) is 14.7 Å². The first kappa shape index (κ1) is 16.0. The maximum absolute atomic E-state index is 12.1. The lowest BCUT2D eigenvalue weighted by atomic mass is 9.86. The van der Waals surface area contributed by atoms with E-state index in [0.29, 0.717) is 6.42 Å². The second kappa shape index (κ2) is 6.37. The van der Waals surface area contributed by atoms with Crippen molar-refractivity contribution in [1.82, 2.24) is 5.32 Å². The third-order valence-corrected chi connectivity index (χ3v) is 3.88. The van der Waals surface area contributed by atoms with Crippen molar-refractivity contribution in [3.63, 3.8) is 0 Å². The molecule has 0 aromatic heterocycles. The molecule has 19 heavy (non-hydrogen) atoms. The van der Waals surface area contributed by atoms with E-state index in [2.05, 4.69) is 5.32 Å². The van der Waals surface area contributed by atoms with Crippen LogP contribution in [0.15, 0.2) is 0 Å². The molecule has 0 bridgehead atoms. The predicted octanol–water partition coefficient (Wildman–Crippen LogP) is 1.51. The number of carboxylic acids is 1. The molecule has 5 heteroatoms. The van der Waals surface area contributed by atoms with Gasteiger partial charge in [-0.3, -0.25) is 9.59 Å². The van der Waals surface area contributed by atoms with E-state index in [1.807, 2.05) is 20.8 Å². The third kappa shape index (κ3) is 4.49. The molecule has 1 aliphatic carbocycles. The second-order valence-electron chi connectivity index (χ2n) is 6.54. The highest BCUT2D eigenvalue weighted by Gasteiger charge is 2.34. The first-order chi connectivity index (χ1) is 8.73. The van der Waals surface area contributed by atoms with Crippen LogP contribution < -0.4 is 11.1 Å². The van der Waals surface area contributed by atoms with Crippen molar-refractivity contribution in [1.29, 1.82) is 0 Å². The highest BCUT2D eigenvalue weighted by atomic mass is 16.4. The topological polar surface area (TPSA) is 92.4 Å². The van der Waals surface area contributed by atoms with Crippen LogP contribution >= 0.6 is 0 Å². The Morgan fingerprint density at radius 2 is 1.79 bits per heavy atom. The van der Waals surface area contributed by atoms with Crippen molar-refractivity contribution in [3.05, 3.63) is 0 Å². The van der Waals surface area contributed by atoms with E-state index in [-0.39, 0.29) is 17.4 Å². The van der Waals surface area contributed by atoms with Gasteiger partial charge in [0, 0.05) is 6.04 Å². The van der Waals surface area contributed by atoms with Crippen LogP contribution in [0, 0.1) is 11.3 Å². The maximum atomic E-state index is 12.1. The number of carbonyl (C=O) groups is 2. The Morgan fingerprint density at radius 3 is 2.32 bits per heavy atom. The van der Waals surface area contributed by atoms with Crippen molar-refractivity contribution >= 4 is 11.9 Å². The van der Waals surface area contributed by atoms with Gasteiger partial charge in [-0.2, -0.15) is 0 Å². The molecule has 0 radical (unpaired) electrons. The van der Waals surface area contributed by atoms with E-state index in [0.717, 1.165) is 25.7 Å². The zero-order valence-corrected chi connectivity index (χ0v) is 12.1. The van der Waals surface area contributed by atoms with Gasteiger partial charge < -0.3 is 16.2 Å². The monoisotopic (exact) mass is 270 g/mol. The minimum Gasteiger partial charge on any atom is -0.481 e. The average Bonchev–Trinajstić information content (AvgIpc) is 2.52. The minimum absolute atomic E-state index is 0.245. The highest BCUT2D eigenvalue weighted by molar-refractivity contribution is 5.83. The lowest BCUT2D eigenvalue weighted by Gasteiger charge is -2.29. The van der Waals surface area contributed by atoms with Crippen molar-refractivity contribution in [2.45, 2.75) is 65.0 Å². The highest BCUT2D eigenvalue weighted by Crippen LogP contribution is 2.25. The number of rotatable bonds is 3. The molecule has 0 aliphatic heterocycles. The Hall–Kier alpha value is -1.10. The van der Waals surface area contributed by atoms with Gasteiger partial charge in [-0.1, -0.05) is 40.0 Å². The summed E-state index contributed by atoms with van der Waals surface area (Å²) in [6.07, 6.45) is 4.25. The summed E-state index contributed by atoms with van der Waals surface area (Å²) in [6.45, 7) is 5.71. The zero-order chi connectivity index (χ0) is 14.6. The summed E-state index contributed by atoms with van der Waals surface area (Å²) >= 11 is 0. The summed E-state index contributed by atoms with van der Waals surface area (Å²) in [4.78, 5) is 23.4. The van der Waals surface area contributed by atoms with Crippen LogP contribution in [0.5, 0.6) is 0 Å². The lowest BCUT2D eigenvalue weighted by molar-refractivity contribution is -0.143. The van der Waals surface area contributed by atoms with Crippen molar-refractivity contribution in [2.24, 2.45) is 17.1 Å². The van der Waals surface area contributed by atoms with Gasteiger partial charge in [0.2, 0.25) is 5.91 Å². The number of aliphatic carboxylic acids is 1. The van der Waals surface area contributed by atoms with Crippen LogP contribution in [0.3, 0.4) is 0 Å². The summed E-state index contributed by atoms with van der Waals surface area (Å²) in [5.74, 6) is -1.55. The Morgan fingerprint density at radius 1 is 1.21 bits per heavy atom. The van der Waals surface area contributed by atoms with Crippen molar-refractivity contribution < 1.29 is 14.7 Å². The molecule has 0 saturated heterocycles. The van der Waals surface area contributed by atoms with Gasteiger partial charge in [0.15, 0.2) is 0 Å². The van der Waals surface area contributed by atoms with Crippen LogP contribution in [0.2, 0.25) is 0 Å². The minimum atomic E-state index is -0.823. The quantitative estimate of drug-likeness (QED) is 0.678. The van der Waals surface area contributed by atoms with E-state index >= 15 is 0 Å². The van der Waals surface area contributed by atoms with Crippen LogP contribution in [0.25, 0.3) is 0 Å². The Kier molecular flexibility index (Phi) is 5.35. The lowest BCUT2D eigenvalue weighted by Crippen LogP contribution is -2.53. The van der Waals surface area contributed by atoms with Gasteiger partial charge in [0.1, 0.15) is 0 Å². The molecule has 110 valence electrons. The zero-order valence-electron chi connectivity index (χ0n) is 12.1. The SMILES string of the molecule is CC(C)(C)[C@H](N)C(=O)NC1CCCCCC1C(=O)O. The van der Waals surface area contributed by atoms with Crippen LogP contribution in [0.4, 0.5) is 0 Å². The van der Waals surface area contributed by atoms with E-state index in [1.54, 1.807) is 0 Å². The molecular weight excluding hydrogens is 244 g/mol. The normalized spacial score (nSPS) is 26.3. The average molecular weight is 270 g/mol. The number of nitrogens with one attached hydrogen (secondary N) is 1. The number of carbonyl (C=O) groups excluding carboxylic acids is 1. The first-order valence-corrected chi connectivity index (χ1v) is 7.02. The molecule has 1 aliphatic rings. The molecule has 5 nitrogen and oxygen atoms in total. The molecule has 1 saturated carbocycles. The Labute approximate surface area is 114 Å². The molecule has 0 heterocycles. The van der Waals surface area contributed by atoms with E-state index in [1.165, 1.54) is 0 Å². The van der Waals surface area contributed by atoms with Crippen LogP contribution in [-0.4, -0.2) is 29.1 Å². The summed E-state index contributed by atoms with van der Waals surface area (Å²) < 4.78 is 0. The van der Waals surface area contributed by atoms with Gasteiger partial charge in [0.25, 0.3) is 0 Å². The van der Waals surface area contributed by atoms with Gasteiger partial charge in [0.05, 0.1) is 12.0 Å². The maximum Gasteiger partial charge on any atom is 0.308 e. The number of amides is 1. The molecule has 0 aromatic carbocycles. The summed E-state index contributed by atoms with van der Waals surface area (Å²) in [5.41, 5.74) is 5.59. The number of hydrogen-bond donors (Lipinski definition) is 3. The molecule has 1 rings (SSSR count). The molecular formula is C14H26N2O3. The van der Waals surface area contributed by atoms with Gasteiger partial charge in [-0.25, -0.2) is 0 Å². The van der Waals surface area contributed by atoms with Gasteiger partial charge in [-0.05, 0) is 18.3 Å². The van der Waals surface area contributed by atoms with Crippen LogP contribution in [-0.2, 0) is 9.59 Å². The number of hydrogen-bond acceptors (Lipinski definition) is 3. The van der Waals surface area contributed by atoms with Gasteiger partial charge >= 0.3 is 5.97 Å². The fourth-order valence-corrected chi connectivity index (χ4v) is 2.44. The Bertz CT molecular complexity index is 336. The fraction of sp³-hybridized carbons (Fsp3) is 0.857. The number of nitrogens with two attached hydrogens (primary N) is 1. The molecule has 0 aromatic rings. The largest absolute Gasteiger partial charge is 0.481 e. The molecule has 4 N–H and O–H groups in total. The molecule has 1 amide bonds. The van der Waals surface area contributed by atoms with Crippen molar-refractivity contribution in [2.75, 3.05) is 0 Å². The second-order valence-corrected chi connectivity index (χ2v) is 6.54. The van der Waals surface area contributed by atoms with Gasteiger partial charge in [-0.15, -0.1) is 0 Å². The third-order valence-electron chi connectivity index (χ3n) is 3.88. The van der Waals surface area contributed by atoms with E-state index in [4.69, 9.17) is 5.73 Å². The standard InChI is InChI=1S/C14H26N2O3/c1-14(2,3)11(15)12(17)16-10-8-6-4-5-7-9(10)13(18)19/h9-11H,4-8,15H2,1-3H3,(H,16,17)(H,18,19)/t9?,10?,11-/m1/s1. The predicted molar refractivity (Wildman–Crippen MR) is 73.6 cm³/mol. The summed E-state index contributed by atoms with van der Waals surface area (Å²) in [5, 5.41) is 12.1. The summed E-state index contributed by atoms with van der Waals surface area (Å²) in [6, 6.07) is -0.911. The Balaban J connectivity index is 2.71. The molecule has 2 unspecified atom stereocenters. The summed E-state index contributed by atoms with van der Waals surface area (Å²) in [7, 11) is 0. The molecule has 3 atom stereocenters. The molecule has 0 spiro atoms. The molecule has 1 fully saturated rings. The smallest absolute Gasteiger partial charge is 0.308 e.